The average Bonchev–Trinajstić information content (AvgIpc) is 2.61. The maximum atomic E-state index is 12.3. The van der Waals surface area contributed by atoms with Crippen LogP contribution in [0, 0.1) is 0 Å². The van der Waals surface area contributed by atoms with Gasteiger partial charge in [0.15, 0.2) is 0 Å². The van der Waals surface area contributed by atoms with Crippen LogP contribution >= 0.6 is 24.8 Å². The summed E-state index contributed by atoms with van der Waals surface area (Å²) in [6.07, 6.45) is 5.50. The van der Waals surface area contributed by atoms with Crippen LogP contribution < -0.4 is 15.5 Å². The van der Waals surface area contributed by atoms with Crippen molar-refractivity contribution in [3.8, 4) is 0 Å². The number of carbonyl (C=O) groups excluding carboxylic acids is 1. The SMILES string of the molecule is C[C@H]1OCCN[C@@H]1C(=O)NCc1ccnc(N2CCCCC2)c1.Cl.Cl. The zero-order valence-corrected chi connectivity index (χ0v) is 16.2. The number of pyridine rings is 1. The highest BCUT2D eigenvalue weighted by molar-refractivity contribution is 5.85. The van der Waals surface area contributed by atoms with Gasteiger partial charge in [-0.2, -0.15) is 0 Å². The minimum atomic E-state index is -0.271. The van der Waals surface area contributed by atoms with Gasteiger partial charge in [0.05, 0.1) is 12.7 Å². The van der Waals surface area contributed by atoms with Crippen molar-refractivity contribution in [2.75, 3.05) is 31.1 Å². The fraction of sp³-hybridized carbons (Fsp3) is 0.647. The van der Waals surface area contributed by atoms with Crippen molar-refractivity contribution in [1.82, 2.24) is 15.6 Å². The number of aromatic nitrogens is 1. The van der Waals surface area contributed by atoms with Crippen LogP contribution in [0.25, 0.3) is 0 Å². The molecule has 0 spiro atoms. The summed E-state index contributed by atoms with van der Waals surface area (Å²) < 4.78 is 5.52. The molecular weight excluding hydrogens is 363 g/mol. The molecule has 0 unspecified atom stereocenters. The fourth-order valence-corrected chi connectivity index (χ4v) is 3.19. The number of piperidine rings is 1. The van der Waals surface area contributed by atoms with Gasteiger partial charge in [-0.15, -0.1) is 24.8 Å². The maximum absolute atomic E-state index is 12.3. The Balaban J connectivity index is 0.00000156. The molecule has 2 fully saturated rings. The van der Waals surface area contributed by atoms with Crippen LogP contribution in [-0.4, -0.2) is 49.3 Å². The van der Waals surface area contributed by atoms with Gasteiger partial charge in [-0.1, -0.05) is 0 Å². The summed E-state index contributed by atoms with van der Waals surface area (Å²) in [5.74, 6) is 1.01. The lowest BCUT2D eigenvalue weighted by molar-refractivity contribution is -0.129. The van der Waals surface area contributed by atoms with Crippen LogP contribution in [0.3, 0.4) is 0 Å². The molecule has 1 aromatic rings. The molecule has 1 amide bonds. The number of hydrogen-bond donors (Lipinski definition) is 2. The second kappa shape index (κ2) is 10.8. The molecule has 142 valence electrons. The van der Waals surface area contributed by atoms with Gasteiger partial charge in [-0.05, 0) is 43.9 Å². The number of halogens is 2. The van der Waals surface area contributed by atoms with E-state index >= 15 is 0 Å². The molecule has 25 heavy (non-hydrogen) atoms. The number of amides is 1. The molecule has 0 saturated carbocycles. The highest BCUT2D eigenvalue weighted by atomic mass is 35.5. The second-order valence-electron chi connectivity index (χ2n) is 6.30. The van der Waals surface area contributed by atoms with E-state index in [0.717, 1.165) is 31.0 Å². The average molecular weight is 391 g/mol. The van der Waals surface area contributed by atoms with Crippen LogP contribution in [-0.2, 0) is 16.1 Å². The number of rotatable bonds is 4. The maximum Gasteiger partial charge on any atom is 0.240 e. The zero-order chi connectivity index (χ0) is 16.1. The van der Waals surface area contributed by atoms with Gasteiger partial charge in [0.25, 0.3) is 0 Å². The molecule has 3 heterocycles. The normalized spacial score (nSPS) is 23.2. The predicted molar refractivity (Wildman–Crippen MR) is 104 cm³/mol. The van der Waals surface area contributed by atoms with Gasteiger partial charge >= 0.3 is 0 Å². The van der Waals surface area contributed by atoms with Crippen LogP contribution in [0.5, 0.6) is 0 Å². The second-order valence-corrected chi connectivity index (χ2v) is 6.30. The third kappa shape index (κ3) is 5.99. The summed E-state index contributed by atoms with van der Waals surface area (Å²) in [5, 5.41) is 6.21. The first-order valence-corrected chi connectivity index (χ1v) is 8.56. The topological polar surface area (TPSA) is 66.5 Å². The molecule has 2 atom stereocenters. The van der Waals surface area contributed by atoms with Gasteiger partial charge in [-0.3, -0.25) is 4.79 Å². The summed E-state index contributed by atoms with van der Waals surface area (Å²) >= 11 is 0. The Kier molecular flexibility index (Phi) is 9.50. The van der Waals surface area contributed by atoms with Crippen molar-refractivity contribution >= 4 is 36.5 Å². The van der Waals surface area contributed by atoms with Crippen molar-refractivity contribution < 1.29 is 9.53 Å². The van der Waals surface area contributed by atoms with E-state index in [4.69, 9.17) is 4.74 Å². The first-order valence-electron chi connectivity index (χ1n) is 8.56. The number of hydrogen-bond acceptors (Lipinski definition) is 5. The fourth-order valence-electron chi connectivity index (χ4n) is 3.19. The van der Waals surface area contributed by atoms with Crippen LogP contribution in [0.2, 0.25) is 0 Å². The number of carbonyl (C=O) groups is 1. The smallest absolute Gasteiger partial charge is 0.240 e. The van der Waals surface area contributed by atoms with Crippen molar-refractivity contribution in [2.45, 2.75) is 44.9 Å². The lowest BCUT2D eigenvalue weighted by Gasteiger charge is -2.29. The van der Waals surface area contributed by atoms with E-state index in [1.54, 1.807) is 0 Å². The number of nitrogens with zero attached hydrogens (tertiary/aromatic N) is 2. The monoisotopic (exact) mass is 390 g/mol. The number of nitrogens with one attached hydrogen (secondary N) is 2. The Labute approximate surface area is 161 Å². The predicted octanol–water partition coefficient (Wildman–Crippen LogP) is 1.91. The van der Waals surface area contributed by atoms with Gasteiger partial charge in [-0.25, -0.2) is 4.98 Å². The highest BCUT2D eigenvalue weighted by Gasteiger charge is 2.27. The number of ether oxygens (including phenoxy) is 1. The first-order chi connectivity index (χ1) is 11.2. The van der Waals surface area contributed by atoms with E-state index in [0.29, 0.717) is 13.2 Å². The standard InChI is InChI=1S/C17H26N4O2.2ClH/c1-13-16(19-7-10-23-13)17(22)20-12-14-5-6-18-15(11-14)21-8-3-2-4-9-21;;/h5-6,11,13,16,19H,2-4,7-10,12H2,1H3,(H,20,22);2*1H/t13-,16+;;/m1../s1. The van der Waals surface area contributed by atoms with Crippen LogP contribution in [0.4, 0.5) is 5.82 Å². The van der Waals surface area contributed by atoms with Gasteiger partial charge in [0.2, 0.25) is 5.91 Å². The van der Waals surface area contributed by atoms with Crippen LogP contribution in [0.15, 0.2) is 18.3 Å². The summed E-state index contributed by atoms with van der Waals surface area (Å²) in [5.41, 5.74) is 1.08. The Morgan fingerprint density at radius 3 is 2.84 bits per heavy atom. The summed E-state index contributed by atoms with van der Waals surface area (Å²) in [6, 6.07) is 3.77. The third-order valence-corrected chi connectivity index (χ3v) is 4.56. The molecule has 0 aliphatic carbocycles. The summed E-state index contributed by atoms with van der Waals surface area (Å²) in [4.78, 5) is 19.1. The lowest BCUT2D eigenvalue weighted by atomic mass is 10.1. The summed E-state index contributed by atoms with van der Waals surface area (Å²) in [6.45, 7) is 5.98. The van der Waals surface area contributed by atoms with E-state index in [-0.39, 0.29) is 42.9 Å². The number of anilines is 1. The number of morpholine rings is 1. The molecule has 0 bridgehead atoms. The molecule has 0 aromatic carbocycles. The van der Waals surface area contributed by atoms with Gasteiger partial charge < -0.3 is 20.3 Å². The minimum Gasteiger partial charge on any atom is -0.375 e. The van der Waals surface area contributed by atoms with E-state index in [1.165, 1.54) is 19.3 Å². The molecule has 2 aliphatic heterocycles. The lowest BCUT2D eigenvalue weighted by Crippen LogP contribution is -2.55. The highest BCUT2D eigenvalue weighted by Crippen LogP contribution is 2.18. The van der Waals surface area contributed by atoms with E-state index in [1.807, 2.05) is 19.2 Å². The van der Waals surface area contributed by atoms with E-state index < -0.39 is 0 Å². The largest absolute Gasteiger partial charge is 0.375 e. The van der Waals surface area contributed by atoms with E-state index in [9.17, 15) is 4.79 Å². The van der Waals surface area contributed by atoms with Crippen molar-refractivity contribution in [1.29, 1.82) is 0 Å². The molecule has 6 nitrogen and oxygen atoms in total. The Bertz CT molecular complexity index is 541. The molecule has 2 saturated heterocycles. The first kappa shape index (κ1) is 22.0. The molecule has 2 N–H and O–H groups in total. The van der Waals surface area contributed by atoms with Gasteiger partial charge in [0.1, 0.15) is 11.9 Å². The Morgan fingerprint density at radius 1 is 1.36 bits per heavy atom. The molecule has 2 aliphatic rings. The quantitative estimate of drug-likeness (QED) is 0.821. The Morgan fingerprint density at radius 2 is 2.12 bits per heavy atom. The van der Waals surface area contributed by atoms with Crippen molar-refractivity contribution in [2.24, 2.45) is 0 Å². The summed E-state index contributed by atoms with van der Waals surface area (Å²) in [7, 11) is 0. The minimum absolute atomic E-state index is 0. The molecule has 0 radical (unpaired) electrons. The van der Waals surface area contributed by atoms with Crippen molar-refractivity contribution in [3.63, 3.8) is 0 Å². The van der Waals surface area contributed by atoms with Crippen molar-refractivity contribution in [3.05, 3.63) is 23.9 Å². The molecule has 8 heteroatoms. The van der Waals surface area contributed by atoms with Gasteiger partial charge in [0, 0.05) is 32.4 Å². The Hall–Kier alpha value is -1.08. The zero-order valence-electron chi connectivity index (χ0n) is 14.6. The molecular formula is C17H28Cl2N4O2. The molecule has 3 rings (SSSR count). The third-order valence-electron chi connectivity index (χ3n) is 4.56. The van der Waals surface area contributed by atoms with Crippen LogP contribution in [0.1, 0.15) is 31.7 Å². The molecule has 1 aromatic heterocycles. The van der Waals surface area contributed by atoms with E-state index in [2.05, 4.69) is 26.6 Å².